The first kappa shape index (κ1) is 20.8. The van der Waals surface area contributed by atoms with Crippen molar-refractivity contribution in [2.45, 2.75) is 25.7 Å². The molecule has 0 radical (unpaired) electrons. The summed E-state index contributed by atoms with van der Waals surface area (Å²) in [6.45, 7) is 5.56. The number of carbonyl (C=O) groups is 1. The third kappa shape index (κ3) is 4.75. The smallest absolute Gasteiger partial charge is 0.267 e. The summed E-state index contributed by atoms with van der Waals surface area (Å²) < 4.78 is 32.6. The number of benzene rings is 2. The van der Waals surface area contributed by atoms with Gasteiger partial charge in [-0.05, 0) is 56.7 Å². The van der Waals surface area contributed by atoms with Crippen LogP contribution in [0.15, 0.2) is 47.4 Å². The van der Waals surface area contributed by atoms with E-state index in [4.69, 9.17) is 4.74 Å². The van der Waals surface area contributed by atoms with E-state index in [-0.39, 0.29) is 15.9 Å². The van der Waals surface area contributed by atoms with Gasteiger partial charge < -0.3 is 10.1 Å². The maximum Gasteiger partial charge on any atom is 0.267 e. The first-order valence-electron chi connectivity index (χ1n) is 8.72. The van der Waals surface area contributed by atoms with E-state index in [0.717, 1.165) is 22.5 Å². The minimum Gasteiger partial charge on any atom is -0.497 e. The number of carbonyl (C=O) groups excluding carboxylic acids is 1. The zero-order valence-electron chi connectivity index (χ0n) is 16.4. The topological polar surface area (TPSA) is 97.4 Å². The van der Waals surface area contributed by atoms with Crippen molar-refractivity contribution in [2.24, 2.45) is 0 Å². The van der Waals surface area contributed by atoms with Crippen molar-refractivity contribution in [2.75, 3.05) is 17.1 Å². The quantitative estimate of drug-likeness (QED) is 0.612. The van der Waals surface area contributed by atoms with Crippen LogP contribution in [0.1, 0.15) is 26.5 Å². The van der Waals surface area contributed by atoms with Gasteiger partial charge in [0.2, 0.25) is 0 Å². The molecule has 9 heteroatoms. The largest absolute Gasteiger partial charge is 0.497 e. The Morgan fingerprint density at radius 1 is 1.07 bits per heavy atom. The van der Waals surface area contributed by atoms with Gasteiger partial charge in [0.1, 0.15) is 10.6 Å². The molecule has 0 aliphatic carbocycles. The zero-order valence-corrected chi connectivity index (χ0v) is 18.1. The number of aryl methyl sites for hydroxylation is 3. The Hall–Kier alpha value is -2.91. The summed E-state index contributed by atoms with van der Waals surface area (Å²) in [7, 11) is -2.32. The number of nitrogens with zero attached hydrogens (tertiary/aromatic N) is 1. The van der Waals surface area contributed by atoms with E-state index in [1.807, 2.05) is 32.0 Å². The SMILES string of the molecule is COc1ccc(S(=O)(=O)Nc2nc(C)c(C(=O)Nc3ccc(C)cc3C)s2)cc1. The van der Waals surface area contributed by atoms with Gasteiger partial charge in [0.15, 0.2) is 5.13 Å². The van der Waals surface area contributed by atoms with Crippen LogP contribution in [0.2, 0.25) is 0 Å². The molecule has 2 aromatic carbocycles. The van der Waals surface area contributed by atoms with Crippen LogP contribution >= 0.6 is 11.3 Å². The lowest BCUT2D eigenvalue weighted by molar-refractivity contribution is 0.102. The molecular formula is C20H21N3O4S2. The number of thiazole rings is 1. The van der Waals surface area contributed by atoms with Crippen LogP contribution in [0.4, 0.5) is 10.8 Å². The molecule has 0 atom stereocenters. The minimum absolute atomic E-state index is 0.0763. The number of amides is 1. The van der Waals surface area contributed by atoms with Crippen LogP contribution in [0.25, 0.3) is 0 Å². The lowest BCUT2D eigenvalue weighted by Crippen LogP contribution is -2.12. The maximum atomic E-state index is 12.7. The van der Waals surface area contributed by atoms with Gasteiger partial charge in [-0.1, -0.05) is 29.0 Å². The van der Waals surface area contributed by atoms with Gasteiger partial charge in [-0.15, -0.1) is 0 Å². The Labute approximate surface area is 173 Å². The lowest BCUT2D eigenvalue weighted by Gasteiger charge is -2.08. The maximum absolute atomic E-state index is 12.7. The van der Waals surface area contributed by atoms with Crippen molar-refractivity contribution in [1.29, 1.82) is 0 Å². The molecule has 1 aromatic heterocycles. The van der Waals surface area contributed by atoms with Gasteiger partial charge in [0, 0.05) is 5.69 Å². The summed E-state index contributed by atoms with van der Waals surface area (Å²) in [5.41, 5.74) is 3.20. The molecule has 0 aliphatic rings. The van der Waals surface area contributed by atoms with E-state index in [2.05, 4.69) is 15.0 Å². The number of nitrogens with one attached hydrogen (secondary N) is 2. The molecule has 29 heavy (non-hydrogen) atoms. The molecule has 0 bridgehead atoms. The van der Waals surface area contributed by atoms with E-state index in [0.29, 0.717) is 22.0 Å². The normalized spacial score (nSPS) is 11.2. The number of methoxy groups -OCH3 is 1. The Kier molecular flexibility index (Phi) is 5.90. The predicted octanol–water partition coefficient (Wildman–Crippen LogP) is 4.13. The average molecular weight is 432 g/mol. The molecule has 0 unspecified atom stereocenters. The summed E-state index contributed by atoms with van der Waals surface area (Å²) in [6, 6.07) is 11.7. The van der Waals surface area contributed by atoms with Gasteiger partial charge >= 0.3 is 0 Å². The number of aromatic nitrogens is 1. The molecule has 2 N–H and O–H groups in total. The Morgan fingerprint density at radius 2 is 1.76 bits per heavy atom. The third-order valence-electron chi connectivity index (χ3n) is 4.22. The highest BCUT2D eigenvalue weighted by atomic mass is 32.2. The molecule has 0 fully saturated rings. The van der Waals surface area contributed by atoms with E-state index >= 15 is 0 Å². The monoisotopic (exact) mass is 431 g/mol. The fourth-order valence-corrected chi connectivity index (χ4v) is 4.81. The first-order chi connectivity index (χ1) is 13.7. The summed E-state index contributed by atoms with van der Waals surface area (Å²) in [5, 5.41) is 2.98. The van der Waals surface area contributed by atoms with E-state index in [1.165, 1.54) is 19.2 Å². The van der Waals surface area contributed by atoms with Gasteiger partial charge in [-0.3, -0.25) is 9.52 Å². The van der Waals surface area contributed by atoms with Gasteiger partial charge in [0.05, 0.1) is 17.7 Å². The highest BCUT2D eigenvalue weighted by Gasteiger charge is 2.21. The standard InChI is InChI=1S/C20H21N3O4S2/c1-12-5-10-17(13(2)11-12)22-19(24)18-14(3)21-20(28-18)23-29(25,26)16-8-6-15(27-4)7-9-16/h5-11H,1-4H3,(H,21,23)(H,22,24). The van der Waals surface area contributed by atoms with Crippen LogP contribution in [-0.4, -0.2) is 26.4 Å². The number of anilines is 2. The van der Waals surface area contributed by atoms with Gasteiger partial charge in [-0.25, -0.2) is 13.4 Å². The molecule has 0 spiro atoms. The van der Waals surface area contributed by atoms with Gasteiger partial charge in [0.25, 0.3) is 15.9 Å². The molecular weight excluding hydrogens is 410 g/mol. The molecule has 1 heterocycles. The number of hydrogen-bond acceptors (Lipinski definition) is 6. The highest BCUT2D eigenvalue weighted by molar-refractivity contribution is 7.93. The molecule has 0 saturated carbocycles. The van der Waals surface area contributed by atoms with Crippen LogP contribution in [0.3, 0.4) is 0 Å². The number of sulfonamides is 1. The number of ether oxygens (including phenoxy) is 1. The predicted molar refractivity (Wildman–Crippen MR) is 115 cm³/mol. The lowest BCUT2D eigenvalue weighted by atomic mass is 10.1. The van der Waals surface area contributed by atoms with E-state index < -0.39 is 10.0 Å². The van der Waals surface area contributed by atoms with Crippen molar-refractivity contribution in [3.05, 3.63) is 64.2 Å². The highest BCUT2D eigenvalue weighted by Crippen LogP contribution is 2.27. The second kappa shape index (κ2) is 8.22. The van der Waals surface area contributed by atoms with E-state index in [1.54, 1.807) is 19.1 Å². The summed E-state index contributed by atoms with van der Waals surface area (Å²) in [5.74, 6) is 0.223. The molecule has 3 aromatic rings. The first-order valence-corrected chi connectivity index (χ1v) is 11.0. The van der Waals surface area contributed by atoms with Crippen molar-refractivity contribution in [3.63, 3.8) is 0 Å². The Balaban J connectivity index is 1.79. The van der Waals surface area contributed by atoms with Crippen molar-refractivity contribution >= 4 is 38.1 Å². The fraction of sp³-hybridized carbons (Fsp3) is 0.200. The molecule has 7 nitrogen and oxygen atoms in total. The van der Waals surface area contributed by atoms with Crippen molar-refractivity contribution < 1.29 is 17.9 Å². The second-order valence-corrected chi connectivity index (χ2v) is 9.17. The number of rotatable bonds is 6. The molecule has 0 saturated heterocycles. The van der Waals surface area contributed by atoms with Crippen molar-refractivity contribution in [1.82, 2.24) is 4.98 Å². The van der Waals surface area contributed by atoms with E-state index in [9.17, 15) is 13.2 Å². The van der Waals surface area contributed by atoms with Crippen LogP contribution < -0.4 is 14.8 Å². The molecule has 152 valence electrons. The molecule has 0 aliphatic heterocycles. The molecule has 3 rings (SSSR count). The van der Waals surface area contributed by atoms with Crippen LogP contribution in [-0.2, 0) is 10.0 Å². The average Bonchev–Trinajstić information content (AvgIpc) is 3.03. The second-order valence-electron chi connectivity index (χ2n) is 6.49. The fourth-order valence-electron chi connectivity index (χ4n) is 2.71. The zero-order chi connectivity index (χ0) is 21.2. The van der Waals surface area contributed by atoms with Crippen LogP contribution in [0, 0.1) is 20.8 Å². The van der Waals surface area contributed by atoms with Gasteiger partial charge in [-0.2, -0.15) is 0 Å². The van der Waals surface area contributed by atoms with Crippen LogP contribution in [0.5, 0.6) is 5.75 Å². The minimum atomic E-state index is -3.83. The molecule has 1 amide bonds. The summed E-state index contributed by atoms with van der Waals surface area (Å²) in [6.07, 6.45) is 0. The summed E-state index contributed by atoms with van der Waals surface area (Å²) >= 11 is 0.987. The third-order valence-corrected chi connectivity index (χ3v) is 6.78. The number of hydrogen-bond donors (Lipinski definition) is 2. The van der Waals surface area contributed by atoms with Crippen molar-refractivity contribution in [3.8, 4) is 5.75 Å². The Bertz CT molecular complexity index is 1150. The summed E-state index contributed by atoms with van der Waals surface area (Å²) in [4.78, 5) is 17.3. The Morgan fingerprint density at radius 3 is 2.38 bits per heavy atom.